The van der Waals surface area contributed by atoms with Crippen molar-refractivity contribution in [3.05, 3.63) is 24.2 Å². The Morgan fingerprint density at radius 3 is 2.33 bits per heavy atom. The molecule has 0 aliphatic heterocycles. The van der Waals surface area contributed by atoms with Crippen LogP contribution >= 0.6 is 0 Å². The molecule has 10 heteroatoms. The molecule has 1 heterocycles. The summed E-state index contributed by atoms with van der Waals surface area (Å²) >= 11 is 0. The summed E-state index contributed by atoms with van der Waals surface area (Å²) in [5.74, 6) is -1.00. The average molecular weight is 318 g/mol. The molecule has 0 radical (unpaired) electrons. The highest BCUT2D eigenvalue weighted by atomic mass is 19.4. The van der Waals surface area contributed by atoms with Gasteiger partial charge in [-0.25, -0.2) is 0 Å². The lowest BCUT2D eigenvalue weighted by molar-refractivity contribution is -0.163. The zero-order chi connectivity index (χ0) is 16.1. The van der Waals surface area contributed by atoms with Crippen molar-refractivity contribution in [2.75, 3.05) is 19.6 Å². The van der Waals surface area contributed by atoms with Crippen LogP contribution in [-0.2, 0) is 11.3 Å². The van der Waals surface area contributed by atoms with Crippen molar-refractivity contribution in [1.29, 1.82) is 0 Å². The van der Waals surface area contributed by atoms with Gasteiger partial charge in [0.05, 0.1) is 25.9 Å². The van der Waals surface area contributed by atoms with Crippen LogP contribution in [0.15, 0.2) is 22.8 Å². The van der Waals surface area contributed by atoms with Gasteiger partial charge in [0.1, 0.15) is 12.3 Å². The van der Waals surface area contributed by atoms with Gasteiger partial charge in [0.15, 0.2) is 0 Å². The number of hydrogen-bond donors (Lipinski definition) is 1. The van der Waals surface area contributed by atoms with E-state index in [0.29, 0.717) is 4.90 Å². The summed E-state index contributed by atoms with van der Waals surface area (Å²) < 4.78 is 77.7. The fourth-order valence-electron chi connectivity index (χ4n) is 1.46. The molecule has 0 spiro atoms. The molecule has 21 heavy (non-hydrogen) atoms. The van der Waals surface area contributed by atoms with Gasteiger partial charge in [-0.05, 0) is 12.1 Å². The Hall–Kier alpha value is -1.71. The molecule has 0 saturated heterocycles. The molecule has 0 atom stereocenters. The third-order valence-corrected chi connectivity index (χ3v) is 2.25. The molecule has 1 aromatic rings. The second-order valence-corrected chi connectivity index (χ2v) is 4.16. The summed E-state index contributed by atoms with van der Waals surface area (Å²) in [7, 11) is 0. The standard InChI is InChI=1S/C11H12F6N2O2/c12-10(13,14)6-18-4-9(20)19(7-11(15,16)17)5-8-2-1-3-21-8/h1-3,18H,4-7H2. The number of carbonyl (C=O) groups is 1. The second kappa shape index (κ2) is 6.83. The number of hydrogen-bond acceptors (Lipinski definition) is 3. The molecule has 0 bridgehead atoms. The van der Waals surface area contributed by atoms with Crippen molar-refractivity contribution in [2.45, 2.75) is 18.9 Å². The maximum absolute atomic E-state index is 12.4. The van der Waals surface area contributed by atoms with Crippen LogP contribution in [0, 0.1) is 0 Å². The SMILES string of the molecule is O=C(CNCC(F)(F)F)N(Cc1ccco1)CC(F)(F)F. The Labute approximate surface area is 115 Å². The van der Waals surface area contributed by atoms with Gasteiger partial charge >= 0.3 is 12.4 Å². The number of amides is 1. The highest BCUT2D eigenvalue weighted by Gasteiger charge is 2.34. The van der Waals surface area contributed by atoms with Crippen molar-refractivity contribution in [3.63, 3.8) is 0 Å². The van der Waals surface area contributed by atoms with Crippen molar-refractivity contribution < 1.29 is 35.6 Å². The summed E-state index contributed by atoms with van der Waals surface area (Å²) in [5.41, 5.74) is 0. The van der Waals surface area contributed by atoms with Crippen molar-refractivity contribution in [2.24, 2.45) is 0 Å². The third-order valence-electron chi connectivity index (χ3n) is 2.25. The van der Waals surface area contributed by atoms with E-state index < -0.39 is 44.4 Å². The number of nitrogens with one attached hydrogen (secondary N) is 1. The molecule has 0 unspecified atom stereocenters. The predicted octanol–water partition coefficient (Wildman–Crippen LogP) is 2.32. The first kappa shape index (κ1) is 17.3. The van der Waals surface area contributed by atoms with Crippen LogP contribution < -0.4 is 5.32 Å². The van der Waals surface area contributed by atoms with E-state index in [1.54, 1.807) is 5.32 Å². The van der Waals surface area contributed by atoms with Crippen LogP contribution in [0.5, 0.6) is 0 Å². The molecular weight excluding hydrogens is 306 g/mol. The van der Waals surface area contributed by atoms with Crippen LogP contribution in [0.1, 0.15) is 5.76 Å². The molecule has 1 aromatic heterocycles. The van der Waals surface area contributed by atoms with Crippen LogP contribution in [-0.4, -0.2) is 42.8 Å². The molecular formula is C11H12F6N2O2. The first-order valence-corrected chi connectivity index (χ1v) is 5.71. The zero-order valence-electron chi connectivity index (χ0n) is 10.6. The van der Waals surface area contributed by atoms with E-state index in [1.165, 1.54) is 18.4 Å². The van der Waals surface area contributed by atoms with E-state index in [2.05, 4.69) is 0 Å². The van der Waals surface area contributed by atoms with Crippen LogP contribution in [0.4, 0.5) is 26.3 Å². The van der Waals surface area contributed by atoms with Gasteiger partial charge in [0, 0.05) is 0 Å². The quantitative estimate of drug-likeness (QED) is 0.819. The topological polar surface area (TPSA) is 45.5 Å². The van der Waals surface area contributed by atoms with Gasteiger partial charge in [-0.1, -0.05) is 0 Å². The molecule has 0 aromatic carbocycles. The van der Waals surface area contributed by atoms with Crippen LogP contribution in [0.3, 0.4) is 0 Å². The minimum absolute atomic E-state index is 0.100. The summed E-state index contributed by atoms with van der Waals surface area (Å²) in [5, 5.41) is 1.76. The van der Waals surface area contributed by atoms with E-state index in [9.17, 15) is 31.1 Å². The van der Waals surface area contributed by atoms with Crippen molar-refractivity contribution >= 4 is 5.91 Å². The van der Waals surface area contributed by atoms with Crippen LogP contribution in [0.25, 0.3) is 0 Å². The molecule has 1 rings (SSSR count). The monoisotopic (exact) mass is 318 g/mol. The number of alkyl halides is 6. The van der Waals surface area contributed by atoms with E-state index in [1.807, 2.05) is 0 Å². The number of furan rings is 1. The normalized spacial score (nSPS) is 12.5. The number of rotatable bonds is 6. The Bertz CT molecular complexity index is 441. The van der Waals surface area contributed by atoms with E-state index in [0.717, 1.165) is 0 Å². The summed E-state index contributed by atoms with van der Waals surface area (Å²) in [6, 6.07) is 2.78. The van der Waals surface area contributed by atoms with Gasteiger partial charge in [0.25, 0.3) is 0 Å². The molecule has 1 N–H and O–H groups in total. The Morgan fingerprint density at radius 1 is 1.19 bits per heavy atom. The number of halogens is 6. The minimum Gasteiger partial charge on any atom is -0.467 e. The molecule has 120 valence electrons. The molecule has 0 fully saturated rings. The molecule has 0 aliphatic carbocycles. The Balaban J connectivity index is 2.60. The lowest BCUT2D eigenvalue weighted by atomic mass is 10.3. The lowest BCUT2D eigenvalue weighted by Gasteiger charge is -2.23. The van der Waals surface area contributed by atoms with Gasteiger partial charge in [-0.3, -0.25) is 4.79 Å². The number of nitrogens with zero attached hydrogens (tertiary/aromatic N) is 1. The predicted molar refractivity (Wildman–Crippen MR) is 59.1 cm³/mol. The summed E-state index contributed by atoms with van der Waals surface area (Å²) in [6.07, 6.45) is -7.99. The highest BCUT2D eigenvalue weighted by Crippen LogP contribution is 2.18. The molecule has 0 aliphatic rings. The van der Waals surface area contributed by atoms with E-state index in [-0.39, 0.29) is 5.76 Å². The van der Waals surface area contributed by atoms with Crippen LogP contribution in [0.2, 0.25) is 0 Å². The lowest BCUT2D eigenvalue weighted by Crippen LogP contribution is -2.44. The first-order valence-electron chi connectivity index (χ1n) is 5.71. The first-order chi connectivity index (χ1) is 9.57. The largest absolute Gasteiger partial charge is 0.467 e. The van der Waals surface area contributed by atoms with E-state index >= 15 is 0 Å². The minimum atomic E-state index is -4.66. The second-order valence-electron chi connectivity index (χ2n) is 4.16. The third kappa shape index (κ3) is 7.59. The zero-order valence-corrected chi connectivity index (χ0v) is 10.6. The van der Waals surface area contributed by atoms with Gasteiger partial charge in [0.2, 0.25) is 5.91 Å². The number of carbonyl (C=O) groups excluding carboxylic acids is 1. The molecule has 1 amide bonds. The van der Waals surface area contributed by atoms with Gasteiger partial charge in [-0.2, -0.15) is 26.3 Å². The highest BCUT2D eigenvalue weighted by molar-refractivity contribution is 5.78. The molecule has 4 nitrogen and oxygen atoms in total. The summed E-state index contributed by atoms with van der Waals surface area (Å²) in [4.78, 5) is 12.0. The Kier molecular flexibility index (Phi) is 5.64. The summed E-state index contributed by atoms with van der Waals surface area (Å²) in [6.45, 7) is -4.35. The molecule has 0 saturated carbocycles. The van der Waals surface area contributed by atoms with E-state index in [4.69, 9.17) is 4.42 Å². The van der Waals surface area contributed by atoms with Gasteiger partial charge < -0.3 is 14.6 Å². The fourth-order valence-corrected chi connectivity index (χ4v) is 1.46. The maximum atomic E-state index is 12.4. The fraction of sp³-hybridized carbons (Fsp3) is 0.545. The Morgan fingerprint density at radius 2 is 1.86 bits per heavy atom. The van der Waals surface area contributed by atoms with Gasteiger partial charge in [-0.15, -0.1) is 0 Å². The smallest absolute Gasteiger partial charge is 0.406 e. The van der Waals surface area contributed by atoms with Crippen molar-refractivity contribution in [3.8, 4) is 0 Å². The maximum Gasteiger partial charge on any atom is 0.406 e. The van der Waals surface area contributed by atoms with Crippen molar-refractivity contribution in [1.82, 2.24) is 10.2 Å². The average Bonchev–Trinajstić information content (AvgIpc) is 2.77.